The maximum absolute atomic E-state index is 13.8. The molecule has 3 aromatic rings. The Balaban J connectivity index is 1.43. The zero-order chi connectivity index (χ0) is 27.4. The standard InChI is InChI=1S/C29H28N2O6S2/c1-35-17-21-18-39-28-29(36-2,30-23(32)16-22-14-9-15-38-22)27(34)31(28)24(21)26(33)37-25(19-10-5-3-6-11-19)20-12-7-4-8-13-20/h3-15,25,28H,16-18H2,1-2H3,(H,30,32)/t28-,29?/m0/s1. The van der Waals surface area contributed by atoms with Gasteiger partial charge in [-0.15, -0.1) is 23.1 Å². The van der Waals surface area contributed by atoms with Crippen molar-refractivity contribution in [3.63, 3.8) is 0 Å². The highest BCUT2D eigenvalue weighted by molar-refractivity contribution is 8.00. The minimum atomic E-state index is -1.58. The Hall–Kier alpha value is -3.44. The molecule has 8 nitrogen and oxygen atoms in total. The summed E-state index contributed by atoms with van der Waals surface area (Å²) in [7, 11) is 2.92. The van der Waals surface area contributed by atoms with Crippen molar-refractivity contribution in [1.29, 1.82) is 0 Å². The van der Waals surface area contributed by atoms with E-state index in [4.69, 9.17) is 14.2 Å². The van der Waals surface area contributed by atoms with E-state index in [0.29, 0.717) is 11.3 Å². The SMILES string of the molecule is COCC1=C(C(=O)OC(c2ccccc2)c2ccccc2)N2C(=O)C(NC(=O)Cc3cccs3)(OC)[C@@H]2SC1. The number of rotatable bonds is 10. The summed E-state index contributed by atoms with van der Waals surface area (Å²) >= 11 is 2.86. The van der Waals surface area contributed by atoms with E-state index in [9.17, 15) is 14.4 Å². The largest absolute Gasteiger partial charge is 0.448 e. The number of carbonyl (C=O) groups excluding carboxylic acids is 3. The van der Waals surface area contributed by atoms with Gasteiger partial charge in [-0.25, -0.2) is 4.79 Å². The van der Waals surface area contributed by atoms with Gasteiger partial charge < -0.3 is 19.5 Å². The molecule has 10 heteroatoms. The van der Waals surface area contributed by atoms with E-state index in [1.54, 1.807) is 0 Å². The van der Waals surface area contributed by atoms with Crippen LogP contribution >= 0.6 is 23.1 Å². The Morgan fingerprint density at radius 1 is 1.03 bits per heavy atom. The number of benzene rings is 2. The number of hydrogen-bond acceptors (Lipinski definition) is 8. The third kappa shape index (κ3) is 5.25. The molecular weight excluding hydrogens is 536 g/mol. The molecule has 202 valence electrons. The third-order valence-electron chi connectivity index (χ3n) is 6.61. The van der Waals surface area contributed by atoms with Crippen molar-refractivity contribution in [3.8, 4) is 0 Å². The first-order valence-corrected chi connectivity index (χ1v) is 14.3. The van der Waals surface area contributed by atoms with E-state index in [2.05, 4.69) is 5.32 Å². The molecule has 0 spiro atoms. The molecule has 1 N–H and O–H groups in total. The summed E-state index contributed by atoms with van der Waals surface area (Å²) in [4.78, 5) is 42.6. The maximum Gasteiger partial charge on any atom is 0.356 e. The fourth-order valence-corrected chi connectivity index (χ4v) is 6.91. The van der Waals surface area contributed by atoms with E-state index >= 15 is 0 Å². The van der Waals surface area contributed by atoms with Gasteiger partial charge in [0.15, 0.2) is 6.10 Å². The average Bonchev–Trinajstić information content (AvgIpc) is 3.48. The minimum Gasteiger partial charge on any atom is -0.448 e. The van der Waals surface area contributed by atoms with Crippen molar-refractivity contribution < 1.29 is 28.6 Å². The number of methoxy groups -OCH3 is 2. The summed E-state index contributed by atoms with van der Waals surface area (Å²) in [5.74, 6) is -1.11. The second-order valence-corrected chi connectivity index (χ2v) is 11.2. The predicted molar refractivity (Wildman–Crippen MR) is 149 cm³/mol. The molecule has 2 aromatic carbocycles. The maximum atomic E-state index is 13.8. The molecule has 0 aliphatic carbocycles. The molecule has 0 radical (unpaired) electrons. The van der Waals surface area contributed by atoms with Crippen molar-refractivity contribution in [2.45, 2.75) is 23.6 Å². The number of fused-ring (bicyclic) bond motifs is 1. The number of esters is 1. The Bertz CT molecular complexity index is 1320. The molecule has 0 saturated carbocycles. The molecule has 2 aliphatic heterocycles. The smallest absolute Gasteiger partial charge is 0.356 e. The van der Waals surface area contributed by atoms with Gasteiger partial charge in [-0.2, -0.15) is 0 Å². The number of ether oxygens (including phenoxy) is 3. The second kappa shape index (κ2) is 11.7. The fraction of sp³-hybridized carbons (Fsp3) is 0.276. The average molecular weight is 565 g/mol. The topological polar surface area (TPSA) is 94.2 Å². The Kier molecular flexibility index (Phi) is 8.18. The molecule has 3 heterocycles. The third-order valence-corrected chi connectivity index (χ3v) is 8.86. The highest BCUT2D eigenvalue weighted by atomic mass is 32.2. The van der Waals surface area contributed by atoms with E-state index in [1.807, 2.05) is 78.2 Å². The Morgan fingerprint density at radius 3 is 2.26 bits per heavy atom. The number of nitrogens with one attached hydrogen (secondary N) is 1. The van der Waals surface area contributed by atoms with Crippen LogP contribution < -0.4 is 5.32 Å². The summed E-state index contributed by atoms with van der Waals surface area (Å²) in [6.45, 7) is 0.153. The first-order chi connectivity index (χ1) is 19.0. The van der Waals surface area contributed by atoms with Crippen LogP contribution in [0.3, 0.4) is 0 Å². The van der Waals surface area contributed by atoms with Crippen molar-refractivity contribution in [3.05, 3.63) is 105 Å². The summed E-state index contributed by atoms with van der Waals surface area (Å²) < 4.78 is 17.1. The zero-order valence-electron chi connectivity index (χ0n) is 21.5. The zero-order valence-corrected chi connectivity index (χ0v) is 23.1. The van der Waals surface area contributed by atoms with Gasteiger partial charge in [0.05, 0.1) is 13.0 Å². The van der Waals surface area contributed by atoms with Crippen LogP contribution in [0.15, 0.2) is 89.4 Å². The first-order valence-electron chi connectivity index (χ1n) is 12.3. The van der Waals surface area contributed by atoms with Crippen LogP contribution in [0.5, 0.6) is 0 Å². The number of β-lactam (4-membered cyclic amide) rings is 1. The summed E-state index contributed by atoms with van der Waals surface area (Å²) in [5.41, 5.74) is 0.778. The molecule has 2 amide bonds. The number of thiophene rings is 1. The minimum absolute atomic E-state index is 0.127. The lowest BCUT2D eigenvalue weighted by Crippen LogP contribution is -2.80. The molecule has 1 aromatic heterocycles. The summed E-state index contributed by atoms with van der Waals surface area (Å²) in [6.07, 6.45) is -0.554. The fourth-order valence-electron chi connectivity index (χ4n) is 4.79. The molecule has 2 aliphatic rings. The van der Waals surface area contributed by atoms with E-state index in [0.717, 1.165) is 16.0 Å². The molecule has 2 atom stereocenters. The number of thioether (sulfide) groups is 1. The van der Waals surface area contributed by atoms with Crippen molar-refractivity contribution in [1.82, 2.24) is 10.2 Å². The molecule has 1 saturated heterocycles. The van der Waals surface area contributed by atoms with Crippen LogP contribution in [0.2, 0.25) is 0 Å². The molecule has 39 heavy (non-hydrogen) atoms. The molecule has 1 fully saturated rings. The predicted octanol–water partition coefficient (Wildman–Crippen LogP) is 3.90. The van der Waals surface area contributed by atoms with Crippen LogP contribution in [-0.4, -0.2) is 60.4 Å². The van der Waals surface area contributed by atoms with Gasteiger partial charge >= 0.3 is 5.97 Å². The highest BCUT2D eigenvalue weighted by Gasteiger charge is 2.66. The molecule has 5 rings (SSSR count). The van der Waals surface area contributed by atoms with E-state index in [1.165, 1.54) is 42.2 Å². The second-order valence-electron chi connectivity index (χ2n) is 9.07. The van der Waals surface area contributed by atoms with Crippen molar-refractivity contribution in [2.75, 3.05) is 26.6 Å². The number of amides is 2. The number of hydrogen-bond donors (Lipinski definition) is 1. The normalized spacial score (nSPS) is 20.4. The van der Waals surface area contributed by atoms with Gasteiger partial charge in [-0.05, 0) is 28.1 Å². The van der Waals surface area contributed by atoms with E-state index in [-0.39, 0.29) is 24.6 Å². The molecular formula is C29H28N2O6S2. The lowest BCUT2D eigenvalue weighted by molar-refractivity contribution is -0.193. The van der Waals surface area contributed by atoms with Crippen LogP contribution in [0.25, 0.3) is 0 Å². The highest BCUT2D eigenvalue weighted by Crippen LogP contribution is 2.47. The molecule has 1 unspecified atom stereocenters. The Labute approximate surface area is 234 Å². The van der Waals surface area contributed by atoms with Gasteiger partial charge in [0, 0.05) is 24.8 Å². The lowest BCUT2D eigenvalue weighted by atomic mass is 9.97. The molecule has 0 bridgehead atoms. The van der Waals surface area contributed by atoms with Crippen LogP contribution in [0, 0.1) is 0 Å². The van der Waals surface area contributed by atoms with Crippen molar-refractivity contribution in [2.24, 2.45) is 0 Å². The number of nitrogens with zero attached hydrogens (tertiary/aromatic N) is 1. The lowest BCUT2D eigenvalue weighted by Gasteiger charge is -2.56. The van der Waals surface area contributed by atoms with E-state index < -0.39 is 29.1 Å². The van der Waals surface area contributed by atoms with Gasteiger partial charge in [-0.3, -0.25) is 14.5 Å². The summed E-state index contributed by atoms with van der Waals surface area (Å²) in [5, 5.41) is 4.04. The van der Waals surface area contributed by atoms with Crippen LogP contribution in [0.1, 0.15) is 22.1 Å². The van der Waals surface area contributed by atoms with Gasteiger partial charge in [0.2, 0.25) is 5.91 Å². The van der Waals surface area contributed by atoms with Gasteiger partial charge in [0.25, 0.3) is 11.6 Å². The quantitative estimate of drug-likeness (QED) is 0.227. The summed E-state index contributed by atoms with van der Waals surface area (Å²) in [6, 6.07) is 22.6. The van der Waals surface area contributed by atoms with Crippen molar-refractivity contribution >= 4 is 40.9 Å². The first kappa shape index (κ1) is 27.1. The number of carbonyl (C=O) groups is 3. The van der Waals surface area contributed by atoms with Crippen LogP contribution in [0.4, 0.5) is 0 Å². The van der Waals surface area contributed by atoms with Gasteiger partial charge in [0.1, 0.15) is 11.1 Å². The van der Waals surface area contributed by atoms with Crippen LogP contribution in [-0.2, 0) is 35.0 Å². The monoisotopic (exact) mass is 564 g/mol. The van der Waals surface area contributed by atoms with Gasteiger partial charge in [-0.1, -0.05) is 66.7 Å². The Morgan fingerprint density at radius 2 is 1.69 bits per heavy atom.